The van der Waals surface area contributed by atoms with E-state index in [0.717, 1.165) is 67.5 Å². The van der Waals surface area contributed by atoms with Crippen LogP contribution in [0, 0.1) is 5.41 Å². The van der Waals surface area contributed by atoms with Gasteiger partial charge in [0, 0.05) is 59.6 Å². The molecule has 29 heavy (non-hydrogen) atoms. The van der Waals surface area contributed by atoms with Crippen LogP contribution in [0.2, 0.25) is 0 Å². The summed E-state index contributed by atoms with van der Waals surface area (Å²) in [4.78, 5) is 23.8. The Hall–Kier alpha value is -2.89. The molecule has 2 amide bonds. The molecule has 2 fully saturated rings. The lowest BCUT2D eigenvalue weighted by Gasteiger charge is -2.30. The number of pyridine rings is 1. The van der Waals surface area contributed by atoms with Crippen LogP contribution in [0.3, 0.4) is 0 Å². The van der Waals surface area contributed by atoms with E-state index >= 15 is 0 Å². The summed E-state index contributed by atoms with van der Waals surface area (Å²) in [5.41, 5.74) is 9.97. The molecule has 0 bridgehead atoms. The van der Waals surface area contributed by atoms with E-state index in [1.807, 2.05) is 41.4 Å². The summed E-state index contributed by atoms with van der Waals surface area (Å²) < 4.78 is 0. The number of benzene rings is 1. The second-order valence-electron chi connectivity index (χ2n) is 8.56. The number of amides is 2. The maximum absolute atomic E-state index is 12.6. The molecule has 1 unspecified atom stereocenters. The predicted molar refractivity (Wildman–Crippen MR) is 116 cm³/mol. The van der Waals surface area contributed by atoms with E-state index in [2.05, 4.69) is 16.4 Å². The van der Waals surface area contributed by atoms with Crippen molar-refractivity contribution in [2.75, 3.05) is 19.6 Å². The quantitative estimate of drug-likeness (QED) is 0.844. The molecular weight excluding hydrogens is 362 g/mol. The summed E-state index contributed by atoms with van der Waals surface area (Å²) >= 11 is 0. The van der Waals surface area contributed by atoms with Gasteiger partial charge in [0.2, 0.25) is 0 Å². The topological polar surface area (TPSA) is 83.6 Å². The molecule has 1 aliphatic carbocycles. The van der Waals surface area contributed by atoms with Gasteiger partial charge in [-0.15, -0.1) is 0 Å². The van der Waals surface area contributed by atoms with E-state index < -0.39 is 0 Å². The van der Waals surface area contributed by atoms with Crippen LogP contribution in [0.15, 0.2) is 47.6 Å². The summed E-state index contributed by atoms with van der Waals surface area (Å²) in [5.74, 6) is 0. The minimum atomic E-state index is -0.0636. The smallest absolute Gasteiger partial charge is 0.317 e. The number of fused-ring (bicyclic) bond motifs is 1. The van der Waals surface area contributed by atoms with Gasteiger partial charge in [-0.3, -0.25) is 9.98 Å². The van der Waals surface area contributed by atoms with Crippen molar-refractivity contribution in [3.8, 4) is 0 Å². The van der Waals surface area contributed by atoms with Crippen LogP contribution < -0.4 is 11.1 Å². The van der Waals surface area contributed by atoms with Gasteiger partial charge < -0.3 is 16.0 Å². The van der Waals surface area contributed by atoms with Crippen LogP contribution in [0.1, 0.15) is 37.7 Å². The number of hydrogen-bond acceptors (Lipinski definition) is 4. The highest BCUT2D eigenvalue weighted by atomic mass is 16.2. The zero-order valence-electron chi connectivity index (χ0n) is 16.6. The van der Waals surface area contributed by atoms with Crippen molar-refractivity contribution < 1.29 is 4.79 Å². The van der Waals surface area contributed by atoms with Crippen LogP contribution in [0.25, 0.3) is 16.6 Å². The Labute approximate surface area is 170 Å². The Morgan fingerprint density at radius 1 is 1.28 bits per heavy atom. The van der Waals surface area contributed by atoms with Crippen LogP contribution in [0.4, 0.5) is 4.79 Å². The maximum Gasteiger partial charge on any atom is 0.317 e. The van der Waals surface area contributed by atoms with Gasteiger partial charge in [0.15, 0.2) is 0 Å². The summed E-state index contributed by atoms with van der Waals surface area (Å²) in [5, 5.41) is 4.24. The minimum Gasteiger partial charge on any atom is -0.398 e. The van der Waals surface area contributed by atoms with Crippen molar-refractivity contribution in [1.29, 1.82) is 0 Å². The lowest BCUT2D eigenvalue weighted by molar-refractivity contribution is 0.193. The van der Waals surface area contributed by atoms with E-state index in [9.17, 15) is 4.79 Å². The fourth-order valence-corrected chi connectivity index (χ4v) is 4.62. The number of carbonyl (C=O) groups is 1. The summed E-state index contributed by atoms with van der Waals surface area (Å²) in [6.45, 7) is 2.31. The third kappa shape index (κ3) is 3.37. The van der Waals surface area contributed by atoms with Crippen LogP contribution in [0.5, 0.6) is 0 Å². The highest BCUT2D eigenvalue weighted by molar-refractivity contribution is 6.06. The SMILES string of the molecule is NC(=CC1=NCCC12CCN(C(=O)NC1CCC1)C2)c1cnc2ccccc2c1. The van der Waals surface area contributed by atoms with Gasteiger partial charge in [0.1, 0.15) is 0 Å². The number of carbonyl (C=O) groups excluding carboxylic acids is 1. The summed E-state index contributed by atoms with van der Waals surface area (Å²) in [7, 11) is 0. The third-order valence-corrected chi connectivity index (χ3v) is 6.71. The van der Waals surface area contributed by atoms with Gasteiger partial charge in [-0.2, -0.15) is 0 Å². The number of aliphatic imine (C=N–C) groups is 1. The molecular formula is C23H27N5O. The second-order valence-corrected chi connectivity index (χ2v) is 8.56. The van der Waals surface area contributed by atoms with Crippen molar-refractivity contribution in [1.82, 2.24) is 15.2 Å². The number of rotatable bonds is 3. The van der Waals surface area contributed by atoms with Gasteiger partial charge in [0.05, 0.1) is 5.52 Å². The normalized spacial score (nSPS) is 24.8. The van der Waals surface area contributed by atoms with Crippen molar-refractivity contribution in [3.05, 3.63) is 48.2 Å². The van der Waals surface area contributed by atoms with Gasteiger partial charge in [-0.25, -0.2) is 4.79 Å². The molecule has 1 atom stereocenters. The first-order valence-corrected chi connectivity index (χ1v) is 10.6. The first-order chi connectivity index (χ1) is 14.1. The van der Waals surface area contributed by atoms with Gasteiger partial charge in [-0.05, 0) is 50.3 Å². The van der Waals surface area contributed by atoms with Gasteiger partial charge >= 0.3 is 6.03 Å². The molecule has 1 saturated heterocycles. The molecule has 1 saturated carbocycles. The van der Waals surface area contributed by atoms with Crippen LogP contribution in [-0.4, -0.2) is 47.3 Å². The largest absolute Gasteiger partial charge is 0.398 e. The zero-order valence-corrected chi connectivity index (χ0v) is 16.6. The van der Waals surface area contributed by atoms with Crippen molar-refractivity contribution in [2.24, 2.45) is 16.1 Å². The monoisotopic (exact) mass is 389 g/mol. The van der Waals surface area contributed by atoms with Crippen LogP contribution >= 0.6 is 0 Å². The average Bonchev–Trinajstić information content (AvgIpc) is 3.31. The molecule has 6 heteroatoms. The first-order valence-electron chi connectivity index (χ1n) is 10.6. The number of hydrogen-bond donors (Lipinski definition) is 2. The second kappa shape index (κ2) is 7.17. The van der Waals surface area contributed by atoms with Crippen molar-refractivity contribution in [3.63, 3.8) is 0 Å². The van der Waals surface area contributed by atoms with Crippen molar-refractivity contribution in [2.45, 2.75) is 38.1 Å². The molecule has 3 aliphatic rings. The lowest BCUT2D eigenvalue weighted by Crippen LogP contribution is -2.47. The number of nitrogens with two attached hydrogens (primary N) is 1. The molecule has 2 aliphatic heterocycles. The zero-order chi connectivity index (χ0) is 19.8. The molecule has 3 heterocycles. The van der Waals surface area contributed by atoms with Crippen LogP contribution in [-0.2, 0) is 0 Å². The number of allylic oxidation sites excluding steroid dienone is 1. The highest BCUT2D eigenvalue weighted by Crippen LogP contribution is 2.40. The van der Waals surface area contributed by atoms with E-state index in [0.29, 0.717) is 11.7 Å². The Morgan fingerprint density at radius 3 is 2.97 bits per heavy atom. The van der Waals surface area contributed by atoms with E-state index in [4.69, 9.17) is 10.7 Å². The molecule has 5 rings (SSSR count). The molecule has 150 valence electrons. The number of urea groups is 1. The third-order valence-electron chi connectivity index (χ3n) is 6.71. The minimum absolute atomic E-state index is 0.0636. The number of nitrogens with one attached hydrogen (secondary N) is 1. The fraction of sp³-hybridized carbons (Fsp3) is 0.435. The van der Waals surface area contributed by atoms with Gasteiger partial charge in [-0.1, -0.05) is 18.2 Å². The number of aromatic nitrogens is 1. The Kier molecular flexibility index (Phi) is 4.49. The fourth-order valence-electron chi connectivity index (χ4n) is 4.62. The Bertz CT molecular complexity index is 1010. The van der Waals surface area contributed by atoms with Crippen molar-refractivity contribution >= 4 is 28.3 Å². The number of likely N-dealkylation sites (tertiary alicyclic amines) is 1. The lowest BCUT2D eigenvalue weighted by atomic mass is 9.80. The molecule has 1 aromatic carbocycles. The maximum atomic E-state index is 12.6. The molecule has 2 aromatic rings. The predicted octanol–water partition coefficient (Wildman–Crippen LogP) is 3.33. The standard InChI is InChI=1S/C23H27N5O/c24-19(17-12-16-4-1-2-7-20(16)26-14-17)13-21-23(8-10-25-21)9-11-28(15-23)22(29)27-18-5-3-6-18/h1-2,4,7,12-14,18H,3,5-6,8-11,15,24H2,(H,27,29). The van der Waals surface area contributed by atoms with Gasteiger partial charge in [0.25, 0.3) is 0 Å². The molecule has 6 nitrogen and oxygen atoms in total. The molecule has 0 radical (unpaired) electrons. The summed E-state index contributed by atoms with van der Waals surface area (Å²) in [6, 6.07) is 10.5. The average molecular weight is 390 g/mol. The first kappa shape index (κ1) is 18.2. The Balaban J connectivity index is 1.34. The highest BCUT2D eigenvalue weighted by Gasteiger charge is 2.45. The summed E-state index contributed by atoms with van der Waals surface area (Å²) in [6.07, 6.45) is 9.20. The Morgan fingerprint density at radius 2 is 2.14 bits per heavy atom. The van der Waals surface area contributed by atoms with E-state index in [1.165, 1.54) is 6.42 Å². The number of nitrogens with zero attached hydrogens (tertiary/aromatic N) is 3. The van der Waals surface area contributed by atoms with E-state index in [-0.39, 0.29) is 11.4 Å². The van der Waals surface area contributed by atoms with E-state index in [1.54, 1.807) is 0 Å². The number of para-hydroxylation sites is 1. The molecule has 1 spiro atoms. The molecule has 3 N–H and O–H groups in total. The molecule has 1 aromatic heterocycles.